The van der Waals surface area contributed by atoms with E-state index in [1.165, 1.54) is 4.88 Å². The molecule has 0 bridgehead atoms. The normalized spacial score (nSPS) is 21.6. The Kier molecular flexibility index (Phi) is 3.80. The number of nitrogens with two attached hydrogens (primary N) is 1. The lowest BCUT2D eigenvalue weighted by molar-refractivity contribution is -0.116. The van der Waals surface area contributed by atoms with Crippen molar-refractivity contribution < 1.29 is 4.79 Å². The third kappa shape index (κ3) is 2.74. The molecule has 0 amide bonds. The number of nitrogens with one attached hydrogen (secondary N) is 1. The summed E-state index contributed by atoms with van der Waals surface area (Å²) in [6, 6.07) is 11.2. The van der Waals surface area contributed by atoms with E-state index in [0.717, 1.165) is 23.3 Å². The van der Waals surface area contributed by atoms with Crippen LogP contribution in [0.15, 0.2) is 53.0 Å². The number of aromatic nitrogens is 3. The van der Waals surface area contributed by atoms with Gasteiger partial charge in [-0.3, -0.25) is 4.79 Å². The number of hydrogen-bond acceptors (Lipinski definition) is 6. The number of benzene rings is 1. The number of ketones is 1. The molecule has 3 N–H and O–H groups in total. The van der Waals surface area contributed by atoms with Crippen molar-refractivity contribution in [3.63, 3.8) is 0 Å². The largest absolute Gasteiger partial charge is 0.366 e. The lowest BCUT2D eigenvalue weighted by Gasteiger charge is -2.34. The standard InChI is InChI=1S/C19H16ClN5OS/c20-12-5-3-10(4-6-12)17-16-13(22-19-23-18(21)24-25(17)19)8-11(9-14(16)26)15-2-1-7-27-15/h1-7,11,17H,8-9H2,(H3,21,22,23,24)/t11-,17+/m0/s1. The zero-order chi connectivity index (χ0) is 18.5. The van der Waals surface area contributed by atoms with Crippen LogP contribution in [0.5, 0.6) is 0 Å². The second-order valence-corrected chi connectivity index (χ2v) is 8.17. The SMILES string of the molecule is Nc1nc2n(n1)[C@H](c1ccc(Cl)cc1)C1=C(C[C@H](c3cccs3)CC1=O)N2. The number of nitrogens with zero attached hydrogens (tertiary/aromatic N) is 3. The van der Waals surface area contributed by atoms with Crippen molar-refractivity contribution in [3.05, 3.63) is 68.5 Å². The number of hydrogen-bond donors (Lipinski definition) is 2. The number of halogens is 1. The first kappa shape index (κ1) is 16.5. The quantitative estimate of drug-likeness (QED) is 0.682. The van der Waals surface area contributed by atoms with Gasteiger partial charge in [0.2, 0.25) is 11.9 Å². The van der Waals surface area contributed by atoms with Crippen LogP contribution in [0, 0.1) is 0 Å². The predicted molar refractivity (Wildman–Crippen MR) is 106 cm³/mol. The van der Waals surface area contributed by atoms with E-state index >= 15 is 0 Å². The van der Waals surface area contributed by atoms with E-state index in [0.29, 0.717) is 17.4 Å². The van der Waals surface area contributed by atoms with Crippen LogP contribution in [0.1, 0.15) is 35.2 Å². The van der Waals surface area contributed by atoms with E-state index in [9.17, 15) is 4.79 Å². The number of anilines is 2. The first-order valence-corrected chi connectivity index (χ1v) is 9.90. The highest BCUT2D eigenvalue weighted by atomic mass is 35.5. The molecule has 6 nitrogen and oxygen atoms in total. The number of thiophene rings is 1. The molecule has 2 aliphatic rings. The molecule has 0 saturated carbocycles. The highest BCUT2D eigenvalue weighted by molar-refractivity contribution is 7.10. The molecule has 0 spiro atoms. The Morgan fingerprint density at radius 2 is 2.04 bits per heavy atom. The van der Waals surface area contributed by atoms with Gasteiger partial charge in [0, 0.05) is 33.5 Å². The number of allylic oxidation sites excluding steroid dienone is 2. The minimum atomic E-state index is -0.352. The summed E-state index contributed by atoms with van der Waals surface area (Å²) >= 11 is 7.74. The molecule has 5 rings (SSSR count). The number of carbonyl (C=O) groups is 1. The zero-order valence-corrected chi connectivity index (χ0v) is 15.8. The summed E-state index contributed by atoms with van der Waals surface area (Å²) < 4.78 is 1.70. The summed E-state index contributed by atoms with van der Waals surface area (Å²) in [7, 11) is 0. The Balaban J connectivity index is 1.63. The summed E-state index contributed by atoms with van der Waals surface area (Å²) in [6.45, 7) is 0. The van der Waals surface area contributed by atoms with Crippen molar-refractivity contribution in [3.8, 4) is 0 Å². The molecule has 0 saturated heterocycles. The summed E-state index contributed by atoms with van der Waals surface area (Å²) in [6.07, 6.45) is 1.25. The minimum Gasteiger partial charge on any atom is -0.366 e. The molecule has 8 heteroatoms. The van der Waals surface area contributed by atoms with Crippen LogP contribution >= 0.6 is 22.9 Å². The van der Waals surface area contributed by atoms with Gasteiger partial charge in [-0.2, -0.15) is 4.98 Å². The summed E-state index contributed by atoms with van der Waals surface area (Å²) in [5.74, 6) is 1.05. The van der Waals surface area contributed by atoms with Gasteiger partial charge in [-0.25, -0.2) is 4.68 Å². The van der Waals surface area contributed by atoms with Crippen molar-refractivity contribution in [2.75, 3.05) is 11.1 Å². The van der Waals surface area contributed by atoms with Crippen molar-refractivity contribution in [1.29, 1.82) is 0 Å². The molecular weight excluding hydrogens is 382 g/mol. The van der Waals surface area contributed by atoms with E-state index < -0.39 is 0 Å². The van der Waals surface area contributed by atoms with Gasteiger partial charge in [0.25, 0.3) is 0 Å². The van der Waals surface area contributed by atoms with Crippen molar-refractivity contribution in [1.82, 2.24) is 14.8 Å². The number of nitrogen functional groups attached to an aromatic ring is 1. The molecular formula is C19H16ClN5OS. The Morgan fingerprint density at radius 1 is 1.22 bits per heavy atom. The van der Waals surface area contributed by atoms with Gasteiger partial charge in [-0.15, -0.1) is 16.4 Å². The lowest BCUT2D eigenvalue weighted by atomic mass is 9.80. The van der Waals surface area contributed by atoms with E-state index in [1.54, 1.807) is 16.0 Å². The maximum atomic E-state index is 13.2. The monoisotopic (exact) mass is 397 g/mol. The molecule has 1 aliphatic carbocycles. The van der Waals surface area contributed by atoms with E-state index in [-0.39, 0.29) is 23.7 Å². The van der Waals surface area contributed by atoms with Crippen LogP contribution < -0.4 is 11.1 Å². The molecule has 0 radical (unpaired) electrons. The first-order valence-electron chi connectivity index (χ1n) is 8.64. The van der Waals surface area contributed by atoms with E-state index in [4.69, 9.17) is 17.3 Å². The summed E-state index contributed by atoms with van der Waals surface area (Å²) in [5.41, 5.74) is 8.42. The highest BCUT2D eigenvalue weighted by Crippen LogP contribution is 2.44. The van der Waals surface area contributed by atoms with E-state index in [2.05, 4.69) is 21.5 Å². The molecule has 0 unspecified atom stereocenters. The average Bonchev–Trinajstić information content (AvgIpc) is 3.29. The molecule has 27 heavy (non-hydrogen) atoms. The predicted octanol–water partition coefficient (Wildman–Crippen LogP) is 3.99. The van der Waals surface area contributed by atoms with Gasteiger partial charge in [-0.05, 0) is 35.6 Å². The number of rotatable bonds is 2. The molecule has 3 heterocycles. The van der Waals surface area contributed by atoms with Crippen LogP contribution in [0.4, 0.5) is 11.9 Å². The van der Waals surface area contributed by atoms with Gasteiger partial charge >= 0.3 is 0 Å². The van der Waals surface area contributed by atoms with Crippen LogP contribution in [0.3, 0.4) is 0 Å². The molecule has 2 atom stereocenters. The third-order valence-corrected chi connectivity index (χ3v) is 6.35. The number of fused-ring (bicyclic) bond motifs is 1. The number of carbonyl (C=O) groups excluding carboxylic acids is 1. The first-order chi connectivity index (χ1) is 13.1. The molecule has 1 aliphatic heterocycles. The second-order valence-electron chi connectivity index (χ2n) is 6.75. The Morgan fingerprint density at radius 3 is 2.78 bits per heavy atom. The van der Waals surface area contributed by atoms with E-state index in [1.807, 2.05) is 35.7 Å². The maximum absolute atomic E-state index is 13.2. The highest BCUT2D eigenvalue weighted by Gasteiger charge is 2.39. The zero-order valence-electron chi connectivity index (χ0n) is 14.2. The van der Waals surface area contributed by atoms with Crippen LogP contribution in [-0.4, -0.2) is 20.5 Å². The van der Waals surface area contributed by atoms with Crippen molar-refractivity contribution >= 4 is 40.6 Å². The fourth-order valence-electron chi connectivity index (χ4n) is 3.91. The molecule has 2 aromatic heterocycles. The average molecular weight is 398 g/mol. The Labute approximate surface area is 164 Å². The van der Waals surface area contributed by atoms with Crippen LogP contribution in [0.25, 0.3) is 0 Å². The van der Waals surface area contributed by atoms with Crippen LogP contribution in [-0.2, 0) is 4.79 Å². The van der Waals surface area contributed by atoms with Gasteiger partial charge < -0.3 is 11.1 Å². The Hall–Kier alpha value is -2.64. The molecule has 136 valence electrons. The van der Waals surface area contributed by atoms with Gasteiger partial charge in [0.05, 0.1) is 0 Å². The maximum Gasteiger partial charge on any atom is 0.241 e. The molecule has 0 fully saturated rings. The number of Topliss-reactive ketones (excluding diaryl/α,β-unsaturated/α-hetero) is 1. The summed E-state index contributed by atoms with van der Waals surface area (Å²) in [5, 5.41) is 10.3. The van der Waals surface area contributed by atoms with Gasteiger partial charge in [0.1, 0.15) is 6.04 Å². The fraction of sp³-hybridized carbons (Fsp3) is 0.211. The third-order valence-electron chi connectivity index (χ3n) is 5.07. The second kappa shape index (κ2) is 6.21. The van der Waals surface area contributed by atoms with Crippen molar-refractivity contribution in [2.24, 2.45) is 0 Å². The van der Waals surface area contributed by atoms with Gasteiger partial charge in [0.15, 0.2) is 5.78 Å². The Bertz CT molecular complexity index is 1050. The van der Waals surface area contributed by atoms with Crippen molar-refractivity contribution in [2.45, 2.75) is 24.8 Å². The smallest absolute Gasteiger partial charge is 0.241 e. The fourth-order valence-corrected chi connectivity index (χ4v) is 4.86. The summed E-state index contributed by atoms with van der Waals surface area (Å²) in [4.78, 5) is 18.7. The van der Waals surface area contributed by atoms with Crippen LogP contribution in [0.2, 0.25) is 5.02 Å². The topological polar surface area (TPSA) is 85.8 Å². The minimum absolute atomic E-state index is 0.127. The molecule has 3 aromatic rings. The lowest BCUT2D eigenvalue weighted by Crippen LogP contribution is -2.33. The molecule has 1 aromatic carbocycles. The van der Waals surface area contributed by atoms with Gasteiger partial charge in [-0.1, -0.05) is 29.8 Å².